The van der Waals surface area contributed by atoms with Crippen molar-refractivity contribution in [1.82, 2.24) is 0 Å². The van der Waals surface area contributed by atoms with Crippen molar-refractivity contribution in [1.29, 1.82) is 0 Å². The van der Waals surface area contributed by atoms with Crippen LogP contribution in [-0.2, 0) is 4.79 Å². The summed E-state index contributed by atoms with van der Waals surface area (Å²) in [5.74, 6) is -1.27. The Labute approximate surface area is 317 Å². The van der Waals surface area contributed by atoms with Crippen LogP contribution in [0.4, 0.5) is 0 Å². The first-order chi connectivity index (χ1) is 4.46. The maximum absolute atomic E-state index is 10.5. The van der Waals surface area contributed by atoms with Crippen LogP contribution in [-0.4, -0.2) is 5.91 Å². The first-order valence-electron chi connectivity index (χ1n) is 3.08. The summed E-state index contributed by atoms with van der Waals surface area (Å²) in [5, 5.41) is 0. The first kappa shape index (κ1) is 90.7. The number of hydrogen-bond donors (Lipinski definition) is 1. The van der Waals surface area contributed by atoms with Crippen LogP contribution in [0.15, 0.2) is 0 Å². The largest absolute Gasteiger partial charge is 1.00 e. The van der Waals surface area contributed by atoms with Crippen molar-refractivity contribution in [2.75, 3.05) is 0 Å². The van der Waals surface area contributed by atoms with Gasteiger partial charge in [0.1, 0.15) is 0 Å². The molecule has 0 aromatic carbocycles. The van der Waals surface area contributed by atoms with Crippen LogP contribution < -0.4 is 211 Å². The molecule has 0 aliphatic heterocycles. The molecule has 2 nitrogen and oxygen atoms in total. The molecule has 0 spiro atoms. The van der Waals surface area contributed by atoms with Gasteiger partial charge in [0.05, 0.1) is 0 Å². The third-order valence-electron chi connectivity index (χ3n) is 1.49. The molecule has 1 amide bonds. The predicted molar refractivity (Wildman–Crippen MR) is 92.4 cm³/mol. The Morgan fingerprint density at radius 3 is 0.864 bits per heavy atom. The van der Waals surface area contributed by atoms with Crippen molar-refractivity contribution in [2.24, 2.45) is 23.5 Å². The topological polar surface area (TPSA) is 43.1 Å². The number of primary amides is 1. The van der Waals surface area contributed by atoms with E-state index in [4.69, 9.17) is 5.73 Å². The van der Waals surface area contributed by atoms with Crippen LogP contribution in [0.2, 0.25) is 0 Å². The molecule has 0 saturated carbocycles. The van der Waals surface area contributed by atoms with Crippen molar-refractivity contribution in [2.45, 2.75) is 0 Å². The van der Waals surface area contributed by atoms with Gasteiger partial charge in [0, 0.05) is 0 Å². The van der Waals surface area contributed by atoms with E-state index in [0.717, 1.165) is 0 Å². The van der Waals surface area contributed by atoms with Gasteiger partial charge in [0.15, 0.2) is 5.91 Å². The third kappa shape index (κ3) is 50.2. The predicted octanol–water partition coefficient (Wildman–Crippen LogP) is -7.73. The average Bonchev–Trinajstić information content (AvgIpc) is 1.84. The molecular weight excluding hydrogens is 379 g/mol. The Bertz CT molecular complexity index is 137. The van der Waals surface area contributed by atoms with Crippen LogP contribution in [0.5, 0.6) is 0 Å². The van der Waals surface area contributed by atoms with Crippen LogP contribution in [0.25, 0.3) is 0 Å². The van der Waals surface area contributed by atoms with E-state index in [2.05, 4.69) is 27.7 Å². The van der Waals surface area contributed by atoms with E-state index in [1.807, 2.05) is 0 Å². The number of carbonyl (C=O) groups excluding carboxylic acids is 1. The Hall–Kier alpha value is 6.02. The number of nitrogens with two attached hydrogens (primary N) is 1. The zero-order valence-corrected chi connectivity index (χ0v) is 30.5. The Morgan fingerprint density at radius 1 is 0.636 bits per heavy atom. The van der Waals surface area contributed by atoms with Crippen molar-refractivity contribution in [3.8, 4) is 0 Å². The minimum absolute atomic E-state index is 0. The van der Waals surface area contributed by atoms with E-state index in [-0.39, 0.29) is 277 Å². The van der Waals surface area contributed by atoms with Gasteiger partial charge in [0.25, 0.3) is 0 Å². The Morgan fingerprint density at radius 2 is 0.818 bits per heavy atom. The van der Waals surface area contributed by atoms with Gasteiger partial charge < -0.3 is 98.8 Å². The maximum atomic E-state index is 10.5. The minimum atomic E-state index is -0.486. The molecule has 1 unspecified atom stereocenters. The van der Waals surface area contributed by atoms with E-state index in [1.54, 1.807) is 0 Å². The molecule has 2 N–H and O–H groups in total. The van der Waals surface area contributed by atoms with Crippen molar-refractivity contribution < 1.29 is 210 Å². The molecule has 0 bridgehead atoms. The van der Waals surface area contributed by atoms with E-state index < -0.39 is 11.8 Å². The summed E-state index contributed by atoms with van der Waals surface area (Å²) in [5.41, 5.74) is 4.98. The van der Waals surface area contributed by atoms with Crippen LogP contribution in [0.3, 0.4) is 0 Å². The molecule has 6 heteroatoms. The van der Waals surface area contributed by atoms with Crippen LogP contribution in [0, 0.1) is 105 Å². The van der Waals surface area contributed by atoms with Gasteiger partial charge in [-0.25, -0.2) is 5.92 Å². The molecule has 0 aromatic heterocycles. The third-order valence-corrected chi connectivity index (χ3v) is 1.49. The van der Waals surface area contributed by atoms with Gasteiger partial charge in [-0.15, -0.1) is 5.92 Å². The van der Waals surface area contributed by atoms with Gasteiger partial charge in [-0.05, 0) is 0 Å². The maximum Gasteiger partial charge on any atom is 1.00 e. The summed E-state index contributed by atoms with van der Waals surface area (Å²) in [6.45, 7) is 14.5. The zero-order valence-electron chi connectivity index (χ0n) is 18.0. The molecule has 22 heavy (non-hydrogen) atoms. The molecule has 0 rings (SSSR count). The van der Waals surface area contributed by atoms with E-state index in [1.165, 1.54) is 0 Å². The van der Waals surface area contributed by atoms with Gasteiger partial charge in [-0.2, -0.15) is 0 Å². The summed E-state index contributed by atoms with van der Waals surface area (Å²) in [6.07, 6.45) is 0. The summed E-state index contributed by atoms with van der Waals surface area (Å²) in [7, 11) is 0. The summed E-state index contributed by atoms with van der Waals surface area (Å²) < 4.78 is 0. The number of rotatable bonds is 3. The van der Waals surface area contributed by atoms with Crippen molar-refractivity contribution in [3.05, 3.63) is 87.1 Å². The zero-order chi connectivity index (χ0) is 8.31. The fourth-order valence-electron chi connectivity index (χ4n) is 0.540. The molecule has 0 aliphatic carbocycles. The number of amides is 1. The Balaban J connectivity index is -0.00000000614. The second-order valence-electron chi connectivity index (χ2n) is 2.43. The first-order valence-corrected chi connectivity index (χ1v) is 3.08. The molecule has 0 fully saturated rings. The van der Waals surface area contributed by atoms with Gasteiger partial charge in [-0.1, -0.05) is 0 Å². The fourth-order valence-corrected chi connectivity index (χ4v) is 0.540. The molecule has 2 atom stereocenters. The number of carbonyl (C=O) groups is 1. The number of hydrogen-bond acceptors (Lipinski definition) is 1. The molecule has 0 saturated heterocycles. The van der Waals surface area contributed by atoms with Crippen LogP contribution >= 0.6 is 0 Å². The fraction of sp³-hybridized carbons (Fsp3) is 0.188. The van der Waals surface area contributed by atoms with Crippen molar-refractivity contribution in [3.63, 3.8) is 0 Å². The second kappa shape index (κ2) is 56.3. The molecule has 0 radical (unpaired) electrons. The molecule has 0 aromatic rings. The summed E-state index contributed by atoms with van der Waals surface area (Å²) >= 11 is 0. The van der Waals surface area contributed by atoms with Crippen LogP contribution in [0.1, 0.15) is 0 Å². The molecular formula is C16H37K4NO-8. The quantitative estimate of drug-likeness (QED) is 0.361. The van der Waals surface area contributed by atoms with Gasteiger partial charge in [-0.3, -0.25) is 4.79 Å². The summed E-state index contributed by atoms with van der Waals surface area (Å²) in [6, 6.07) is 0. The standard InChI is InChI=1S/C8H13NO.8CH3.4K/c1-5(2)6(3)7(4)8(9)10;;;;;;;;;;;;/h5-7H,1-4H2,(H2,9,10);8*1H3;;;;/q-4;8*-1;4*+1/t6-,7?;;;;;;;;;;;;/m1............/s1. The Kier molecular flexibility index (Phi) is 232. The van der Waals surface area contributed by atoms with Gasteiger partial charge >= 0.3 is 206 Å². The normalized spacial score (nSPS) is 7.68. The molecule has 124 valence electrons. The summed E-state index contributed by atoms with van der Waals surface area (Å²) in [4.78, 5) is 10.5. The SMILES string of the molecule is [CH2-]C([CH2-])[C@@H]([CH2-])C([CH2-])C(N)=O.[CH3-].[CH3-].[CH3-].[CH3-].[CH3-].[CH3-].[CH3-].[CH3-].[K+].[K+].[K+].[K+]. The second-order valence-corrected chi connectivity index (χ2v) is 2.43. The van der Waals surface area contributed by atoms with Gasteiger partial charge in [0.2, 0.25) is 0 Å². The van der Waals surface area contributed by atoms with E-state index in [0.29, 0.717) is 0 Å². The molecule has 0 heterocycles. The van der Waals surface area contributed by atoms with E-state index >= 15 is 0 Å². The molecule has 0 aliphatic rings. The van der Waals surface area contributed by atoms with E-state index in [9.17, 15) is 4.79 Å². The monoisotopic (exact) mass is 415 g/mol. The van der Waals surface area contributed by atoms with Crippen molar-refractivity contribution >= 4 is 5.91 Å². The minimum Gasteiger partial charge on any atom is -0.372 e. The average molecular weight is 416 g/mol. The smallest absolute Gasteiger partial charge is 0.372 e.